The van der Waals surface area contributed by atoms with E-state index in [2.05, 4.69) is 22.6 Å². The Balaban J connectivity index is 5.14. The van der Waals surface area contributed by atoms with Gasteiger partial charge in [0.1, 0.15) is 0 Å². The molecule has 0 saturated heterocycles. The fraction of sp³-hybridized carbons (Fsp3) is 0.786. The van der Waals surface area contributed by atoms with Gasteiger partial charge in [-0.3, -0.25) is 9.69 Å². The molecule has 0 fully saturated rings. The lowest BCUT2D eigenvalue weighted by Gasteiger charge is -2.36. The van der Waals surface area contributed by atoms with Crippen LogP contribution in [0.5, 0.6) is 0 Å². The van der Waals surface area contributed by atoms with Crippen LogP contribution < -0.4 is 0 Å². The third kappa shape index (κ3) is 4.97. The Morgan fingerprint density at radius 1 is 1.22 bits per heavy atom. The summed E-state index contributed by atoms with van der Waals surface area (Å²) in [5, 5.41) is 10.4. The van der Waals surface area contributed by atoms with Crippen LogP contribution in [0.25, 0.3) is 0 Å². The molecule has 3 atom stereocenters. The van der Waals surface area contributed by atoms with E-state index in [9.17, 15) is 9.90 Å². The number of aliphatic hydroxyl groups excluding tert-OH is 1. The first-order valence-corrected chi connectivity index (χ1v) is 7.69. The molecule has 1 N–H and O–H groups in total. The van der Waals surface area contributed by atoms with E-state index in [1.165, 1.54) is 0 Å². The first-order valence-electron chi connectivity index (χ1n) is 6.44. The van der Waals surface area contributed by atoms with Gasteiger partial charge < -0.3 is 5.11 Å². The molecule has 0 aromatic rings. The number of Topliss-reactive ketones (excluding diaryl/α,β-unsaturated/α-hetero) is 1. The minimum absolute atomic E-state index is 0.0317. The zero-order chi connectivity index (χ0) is 14.5. The average Bonchev–Trinajstić information content (AvgIpc) is 2.28. The van der Waals surface area contributed by atoms with Gasteiger partial charge in [-0.25, -0.2) is 0 Å². The van der Waals surface area contributed by atoms with Crippen molar-refractivity contribution in [2.24, 2.45) is 11.8 Å². The zero-order valence-electron chi connectivity index (χ0n) is 12.2. The lowest BCUT2D eigenvalue weighted by Crippen LogP contribution is -2.53. The van der Waals surface area contributed by atoms with E-state index in [4.69, 9.17) is 0 Å². The Bertz CT molecular complexity index is 290. The summed E-state index contributed by atoms with van der Waals surface area (Å²) in [6, 6.07) is -0.212. The monoisotopic (exact) mass is 367 g/mol. The van der Waals surface area contributed by atoms with Gasteiger partial charge in [-0.1, -0.05) is 49.4 Å². The topological polar surface area (TPSA) is 40.5 Å². The molecule has 0 bridgehead atoms. The Kier molecular flexibility index (Phi) is 8.30. The van der Waals surface area contributed by atoms with Crippen LogP contribution in [0.3, 0.4) is 0 Å². The molecule has 0 amide bonds. The van der Waals surface area contributed by atoms with E-state index >= 15 is 0 Å². The zero-order valence-corrected chi connectivity index (χ0v) is 14.4. The number of likely N-dealkylation sites (N-methyl/N-ethyl adjacent to an activating group) is 1. The van der Waals surface area contributed by atoms with E-state index in [0.717, 1.165) is 0 Å². The van der Waals surface area contributed by atoms with E-state index in [1.807, 2.05) is 56.7 Å². The molecule has 0 aliphatic heterocycles. The molecular formula is C14H26INO2. The molecule has 0 aliphatic rings. The predicted octanol–water partition coefficient (Wildman–Crippen LogP) is 2.87. The van der Waals surface area contributed by atoms with Crippen molar-refractivity contribution in [1.29, 1.82) is 0 Å². The number of hydrogen-bond donors (Lipinski definition) is 1. The molecule has 0 aromatic heterocycles. The van der Waals surface area contributed by atoms with Crippen LogP contribution in [-0.2, 0) is 4.79 Å². The van der Waals surface area contributed by atoms with Crippen molar-refractivity contribution in [2.45, 2.75) is 52.8 Å². The molecule has 0 heterocycles. The van der Waals surface area contributed by atoms with Gasteiger partial charge in [-0.05, 0) is 25.0 Å². The van der Waals surface area contributed by atoms with Crippen molar-refractivity contribution < 1.29 is 9.90 Å². The molecule has 0 radical (unpaired) electrons. The van der Waals surface area contributed by atoms with Crippen molar-refractivity contribution >= 4 is 28.4 Å². The van der Waals surface area contributed by atoms with Crippen molar-refractivity contribution in [3.63, 3.8) is 0 Å². The number of hydrogen-bond acceptors (Lipinski definition) is 3. The normalized spacial score (nSPS) is 17.7. The van der Waals surface area contributed by atoms with Crippen LogP contribution in [0.2, 0.25) is 0 Å². The average molecular weight is 367 g/mol. The molecule has 0 aliphatic carbocycles. The fourth-order valence-electron chi connectivity index (χ4n) is 1.79. The summed E-state index contributed by atoms with van der Waals surface area (Å²) in [6.45, 7) is 9.77. The Morgan fingerprint density at radius 3 is 2.06 bits per heavy atom. The van der Waals surface area contributed by atoms with Crippen molar-refractivity contribution in [3.8, 4) is 0 Å². The lowest BCUT2D eigenvalue weighted by atomic mass is 9.89. The summed E-state index contributed by atoms with van der Waals surface area (Å²) < 4.78 is 1.89. The Hall–Kier alpha value is 0.0600. The third-order valence-electron chi connectivity index (χ3n) is 3.35. The van der Waals surface area contributed by atoms with Crippen LogP contribution >= 0.6 is 22.6 Å². The summed E-state index contributed by atoms with van der Waals surface area (Å²) in [5.74, 6) is 0.00448. The lowest BCUT2D eigenvalue weighted by molar-refractivity contribution is -0.132. The van der Waals surface area contributed by atoms with E-state index in [-0.39, 0.29) is 23.7 Å². The Morgan fingerprint density at radius 2 is 1.72 bits per heavy atom. The minimum Gasteiger partial charge on any atom is -0.390 e. The molecule has 0 spiro atoms. The van der Waals surface area contributed by atoms with Crippen molar-refractivity contribution in [2.75, 3.05) is 7.05 Å². The van der Waals surface area contributed by atoms with Gasteiger partial charge >= 0.3 is 0 Å². The first kappa shape index (κ1) is 18.1. The van der Waals surface area contributed by atoms with Gasteiger partial charge in [0.2, 0.25) is 0 Å². The summed E-state index contributed by atoms with van der Waals surface area (Å²) in [5.41, 5.74) is 0. The van der Waals surface area contributed by atoms with Gasteiger partial charge in [0.15, 0.2) is 5.78 Å². The maximum atomic E-state index is 12.3. The fourth-order valence-corrected chi connectivity index (χ4v) is 2.44. The third-order valence-corrected chi connectivity index (χ3v) is 3.77. The quantitative estimate of drug-likeness (QED) is 0.704. The van der Waals surface area contributed by atoms with Gasteiger partial charge in [0.05, 0.1) is 12.1 Å². The second-order valence-corrected chi connectivity index (χ2v) is 6.15. The van der Waals surface area contributed by atoms with Gasteiger partial charge in [-0.2, -0.15) is 0 Å². The summed E-state index contributed by atoms with van der Waals surface area (Å²) in [6.07, 6.45) is 1.26. The second-order valence-electron chi connectivity index (χ2n) is 5.43. The number of carbonyl (C=O) groups is 1. The Labute approximate surface area is 125 Å². The molecular weight excluding hydrogens is 341 g/mol. The van der Waals surface area contributed by atoms with E-state index in [0.29, 0.717) is 0 Å². The van der Waals surface area contributed by atoms with Gasteiger partial charge in [0, 0.05) is 17.9 Å². The smallest absolute Gasteiger partial charge is 0.155 e. The van der Waals surface area contributed by atoms with Gasteiger partial charge in [0.25, 0.3) is 0 Å². The molecule has 106 valence electrons. The summed E-state index contributed by atoms with van der Waals surface area (Å²) >= 11 is 2.13. The SMILES string of the molecule is CC(C)C(=O)[C@H]([C@H](O)[C@H](C)/C=C/I)N(C)C(C)C. The molecule has 3 nitrogen and oxygen atoms in total. The number of aliphatic hydroxyl groups is 1. The molecule has 4 heteroatoms. The van der Waals surface area contributed by atoms with E-state index in [1.54, 1.807) is 0 Å². The van der Waals surface area contributed by atoms with Crippen molar-refractivity contribution in [1.82, 2.24) is 4.90 Å². The molecule has 0 unspecified atom stereocenters. The van der Waals surface area contributed by atoms with Crippen LogP contribution in [0.4, 0.5) is 0 Å². The number of carbonyl (C=O) groups excluding carboxylic acids is 1. The molecule has 18 heavy (non-hydrogen) atoms. The van der Waals surface area contributed by atoms with Crippen LogP contribution in [-0.4, -0.2) is 41.0 Å². The largest absolute Gasteiger partial charge is 0.390 e. The van der Waals surface area contributed by atoms with Gasteiger partial charge in [-0.15, -0.1) is 0 Å². The minimum atomic E-state index is -0.668. The highest BCUT2D eigenvalue weighted by atomic mass is 127. The van der Waals surface area contributed by atoms with Crippen LogP contribution in [0.15, 0.2) is 10.2 Å². The van der Waals surface area contributed by atoms with E-state index < -0.39 is 12.1 Å². The standard InChI is InChI=1S/C14H26INO2/c1-9(2)13(17)12(16(6)10(3)4)14(18)11(5)7-8-15/h7-12,14,18H,1-6H3/b8-7+/t11-,12-,14-/m1/s1. The van der Waals surface area contributed by atoms with Crippen LogP contribution in [0, 0.1) is 11.8 Å². The molecule has 0 rings (SSSR count). The van der Waals surface area contributed by atoms with Crippen molar-refractivity contribution in [3.05, 3.63) is 10.2 Å². The highest BCUT2D eigenvalue weighted by Gasteiger charge is 2.35. The summed E-state index contributed by atoms with van der Waals surface area (Å²) in [7, 11) is 1.90. The number of nitrogens with zero attached hydrogens (tertiary/aromatic N) is 1. The number of ketones is 1. The molecule has 0 aromatic carbocycles. The highest BCUT2D eigenvalue weighted by molar-refractivity contribution is 14.1. The predicted molar refractivity (Wildman–Crippen MR) is 84.9 cm³/mol. The highest BCUT2D eigenvalue weighted by Crippen LogP contribution is 2.19. The second kappa shape index (κ2) is 8.27. The molecule has 0 saturated carbocycles. The maximum Gasteiger partial charge on any atom is 0.155 e. The maximum absolute atomic E-state index is 12.3. The summed E-state index contributed by atoms with van der Waals surface area (Å²) in [4.78, 5) is 14.3. The first-order chi connectivity index (χ1) is 8.23. The number of halogens is 1. The van der Waals surface area contributed by atoms with Crippen LogP contribution in [0.1, 0.15) is 34.6 Å². The number of rotatable bonds is 7.